The molecule has 0 heterocycles. The molecule has 1 aliphatic rings. The summed E-state index contributed by atoms with van der Waals surface area (Å²) in [5.74, 6) is -1.28. The highest BCUT2D eigenvalue weighted by Crippen LogP contribution is 2.37. The van der Waals surface area contributed by atoms with Gasteiger partial charge in [0.15, 0.2) is 0 Å². The van der Waals surface area contributed by atoms with Gasteiger partial charge in [-0.1, -0.05) is 56.7 Å². The van der Waals surface area contributed by atoms with Gasteiger partial charge in [-0.25, -0.2) is 17.6 Å². The second kappa shape index (κ2) is 11.0. The van der Waals surface area contributed by atoms with Crippen molar-refractivity contribution in [3.05, 3.63) is 76.9 Å². The smallest absolute Gasteiger partial charge is 0.206 e. The Hall–Kier alpha value is -3.27. The molecule has 0 aliphatic heterocycles. The highest BCUT2D eigenvalue weighted by molar-refractivity contribution is 5.89. The number of fused-ring (bicyclic) bond motifs is 1. The Labute approximate surface area is 211 Å². The lowest BCUT2D eigenvalue weighted by Gasteiger charge is -2.22. The van der Waals surface area contributed by atoms with E-state index in [9.17, 15) is 22.0 Å². The number of halogens is 7. The summed E-state index contributed by atoms with van der Waals surface area (Å²) in [5, 5.41) is -0.271. The van der Waals surface area contributed by atoms with E-state index in [0.717, 1.165) is 55.7 Å². The summed E-state index contributed by atoms with van der Waals surface area (Å²) >= 11 is 0. The Morgan fingerprint density at radius 3 is 2.24 bits per heavy atom. The number of hydrogen-bond donors (Lipinski definition) is 0. The van der Waals surface area contributed by atoms with Crippen LogP contribution in [-0.4, -0.2) is 6.18 Å². The van der Waals surface area contributed by atoms with Crippen LogP contribution in [0.3, 0.4) is 0 Å². The third-order valence-corrected chi connectivity index (χ3v) is 6.79. The summed E-state index contributed by atoms with van der Waals surface area (Å²) < 4.78 is 96.4. The number of alkyl halides is 3. The van der Waals surface area contributed by atoms with E-state index in [1.54, 1.807) is 0 Å². The molecule has 0 radical (unpaired) electrons. The minimum Gasteiger partial charge on any atom is -0.206 e. The molecule has 0 fully saturated rings. The SMILES string of the molecule is CCCCCC1CC=C(c2cc(F)c(-c3ccc4c(F)c(C#CC(F)(F)F)c(F)cc4c3)c(F)c2)CC1. The molecule has 0 spiro atoms. The number of hydrogen-bond acceptors (Lipinski definition) is 0. The highest BCUT2D eigenvalue weighted by Gasteiger charge is 2.24. The standard InChI is InChI=1S/C30H25F7/c1-2-3-4-5-18-6-8-19(9-7-18)21-15-26(32)28(27(33)16-21)20-10-11-23-22(14-20)17-25(31)24(29(23)34)12-13-30(35,36)37/h8,10-11,14-18H,2-7,9H2,1H3. The van der Waals surface area contributed by atoms with Gasteiger partial charge in [-0.05, 0) is 71.5 Å². The van der Waals surface area contributed by atoms with E-state index < -0.39 is 35.0 Å². The Balaban J connectivity index is 1.63. The van der Waals surface area contributed by atoms with Crippen molar-refractivity contribution in [3.8, 4) is 23.0 Å². The molecule has 1 aliphatic carbocycles. The summed E-state index contributed by atoms with van der Waals surface area (Å²) in [6.45, 7) is 2.16. The Morgan fingerprint density at radius 2 is 1.62 bits per heavy atom. The first-order valence-electron chi connectivity index (χ1n) is 12.3. The van der Waals surface area contributed by atoms with E-state index in [1.165, 1.54) is 43.0 Å². The molecule has 4 rings (SSSR count). The first-order valence-corrected chi connectivity index (χ1v) is 12.3. The minimum absolute atomic E-state index is 0.0515. The van der Waals surface area contributed by atoms with E-state index in [-0.39, 0.29) is 21.9 Å². The first kappa shape index (κ1) is 26.8. The van der Waals surface area contributed by atoms with Gasteiger partial charge in [0.1, 0.15) is 23.3 Å². The van der Waals surface area contributed by atoms with Crippen molar-refractivity contribution in [3.63, 3.8) is 0 Å². The van der Waals surface area contributed by atoms with E-state index in [2.05, 4.69) is 13.0 Å². The van der Waals surface area contributed by atoms with Gasteiger partial charge in [0, 0.05) is 11.3 Å². The lowest BCUT2D eigenvalue weighted by molar-refractivity contribution is -0.0696. The summed E-state index contributed by atoms with van der Waals surface area (Å²) in [5.41, 5.74) is 0.0484. The van der Waals surface area contributed by atoms with Gasteiger partial charge in [-0.3, -0.25) is 0 Å². The number of benzene rings is 3. The fourth-order valence-electron chi connectivity index (χ4n) is 4.86. The lowest BCUT2D eigenvalue weighted by atomic mass is 9.83. The molecule has 37 heavy (non-hydrogen) atoms. The molecule has 194 valence electrons. The van der Waals surface area contributed by atoms with Crippen molar-refractivity contribution >= 4 is 16.3 Å². The van der Waals surface area contributed by atoms with Crippen LogP contribution in [0.5, 0.6) is 0 Å². The Kier molecular flexibility index (Phi) is 7.96. The second-order valence-corrected chi connectivity index (χ2v) is 9.41. The van der Waals surface area contributed by atoms with Gasteiger partial charge >= 0.3 is 6.18 Å². The maximum absolute atomic E-state index is 15.1. The van der Waals surface area contributed by atoms with Crippen LogP contribution < -0.4 is 0 Å². The summed E-state index contributed by atoms with van der Waals surface area (Å²) in [7, 11) is 0. The zero-order valence-corrected chi connectivity index (χ0v) is 20.2. The number of rotatable bonds is 6. The summed E-state index contributed by atoms with van der Waals surface area (Å²) in [6, 6.07) is 6.92. The second-order valence-electron chi connectivity index (χ2n) is 9.41. The van der Waals surface area contributed by atoms with Gasteiger partial charge in [0.25, 0.3) is 0 Å². The quantitative estimate of drug-likeness (QED) is 0.173. The molecule has 0 N–H and O–H groups in total. The van der Waals surface area contributed by atoms with Crippen molar-refractivity contribution in [2.75, 3.05) is 0 Å². The van der Waals surface area contributed by atoms with Gasteiger partial charge in [0.2, 0.25) is 0 Å². The molecule has 3 aromatic carbocycles. The van der Waals surface area contributed by atoms with Gasteiger partial charge in [-0.15, -0.1) is 0 Å². The summed E-state index contributed by atoms with van der Waals surface area (Å²) in [4.78, 5) is 0. The van der Waals surface area contributed by atoms with Crippen LogP contribution in [0.2, 0.25) is 0 Å². The average molecular weight is 519 g/mol. The minimum atomic E-state index is -4.91. The Bertz CT molecular complexity index is 1380. The molecular weight excluding hydrogens is 493 g/mol. The fourth-order valence-corrected chi connectivity index (χ4v) is 4.86. The van der Waals surface area contributed by atoms with E-state index in [4.69, 9.17) is 0 Å². The van der Waals surface area contributed by atoms with Crippen LogP contribution in [0.4, 0.5) is 30.7 Å². The van der Waals surface area contributed by atoms with Crippen LogP contribution in [-0.2, 0) is 0 Å². The van der Waals surface area contributed by atoms with Crippen molar-refractivity contribution in [1.29, 1.82) is 0 Å². The Morgan fingerprint density at radius 1 is 0.892 bits per heavy atom. The zero-order chi connectivity index (χ0) is 26.7. The van der Waals surface area contributed by atoms with E-state index in [1.807, 2.05) is 0 Å². The van der Waals surface area contributed by atoms with E-state index in [0.29, 0.717) is 11.5 Å². The first-order chi connectivity index (χ1) is 17.6. The third-order valence-electron chi connectivity index (χ3n) is 6.79. The predicted octanol–water partition coefficient (Wildman–Crippen LogP) is 9.74. The van der Waals surface area contributed by atoms with Crippen molar-refractivity contribution in [2.45, 2.75) is 58.0 Å². The van der Waals surface area contributed by atoms with Crippen LogP contribution >= 0.6 is 0 Å². The molecule has 3 aromatic rings. The number of unbranched alkanes of at least 4 members (excludes halogenated alkanes) is 2. The molecule has 1 unspecified atom stereocenters. The van der Waals surface area contributed by atoms with Crippen LogP contribution in [0, 0.1) is 41.0 Å². The normalized spacial score (nSPS) is 15.9. The molecule has 7 heteroatoms. The molecule has 1 atom stereocenters. The van der Waals surface area contributed by atoms with Crippen molar-refractivity contribution < 1.29 is 30.7 Å². The van der Waals surface area contributed by atoms with Gasteiger partial charge in [0.05, 0.1) is 11.1 Å². The molecule has 0 saturated carbocycles. The largest absolute Gasteiger partial charge is 0.458 e. The fraction of sp³-hybridized carbons (Fsp3) is 0.333. The molecular formula is C30H25F7. The van der Waals surface area contributed by atoms with Gasteiger partial charge < -0.3 is 0 Å². The average Bonchev–Trinajstić information content (AvgIpc) is 2.83. The molecule has 0 bridgehead atoms. The summed E-state index contributed by atoms with van der Waals surface area (Å²) in [6.07, 6.45) is 4.42. The van der Waals surface area contributed by atoms with E-state index >= 15 is 8.78 Å². The molecule has 0 amide bonds. The zero-order valence-electron chi connectivity index (χ0n) is 20.2. The monoisotopic (exact) mass is 518 g/mol. The molecule has 0 nitrogen and oxygen atoms in total. The third kappa shape index (κ3) is 6.18. The maximum Gasteiger partial charge on any atom is 0.458 e. The van der Waals surface area contributed by atoms with Crippen molar-refractivity contribution in [2.24, 2.45) is 5.92 Å². The van der Waals surface area contributed by atoms with Crippen LogP contribution in [0.15, 0.2) is 42.5 Å². The highest BCUT2D eigenvalue weighted by atomic mass is 19.4. The van der Waals surface area contributed by atoms with Crippen molar-refractivity contribution in [1.82, 2.24) is 0 Å². The van der Waals surface area contributed by atoms with Crippen LogP contribution in [0.25, 0.3) is 27.5 Å². The maximum atomic E-state index is 15.1. The number of allylic oxidation sites excluding steroid dienone is 2. The topological polar surface area (TPSA) is 0 Å². The van der Waals surface area contributed by atoms with Gasteiger partial charge in [-0.2, -0.15) is 13.2 Å². The lowest BCUT2D eigenvalue weighted by Crippen LogP contribution is -2.06. The molecule has 0 aromatic heterocycles. The van der Waals surface area contributed by atoms with Crippen LogP contribution in [0.1, 0.15) is 63.0 Å². The molecule has 0 saturated heterocycles. The predicted molar refractivity (Wildman–Crippen MR) is 132 cm³/mol.